The summed E-state index contributed by atoms with van der Waals surface area (Å²) in [6.45, 7) is 4.09. The van der Waals surface area contributed by atoms with Crippen molar-refractivity contribution in [3.05, 3.63) is 54.1 Å². The maximum Gasteiger partial charge on any atom is 0.181 e. The summed E-state index contributed by atoms with van der Waals surface area (Å²) in [5.74, 6) is 2.29. The highest BCUT2D eigenvalue weighted by Gasteiger charge is 2.09. The molecule has 0 atom stereocenters. The van der Waals surface area contributed by atoms with Crippen LogP contribution in [0.2, 0.25) is 0 Å². The van der Waals surface area contributed by atoms with Crippen LogP contribution in [0.15, 0.2) is 48.5 Å². The number of methoxy groups -OCH3 is 1. The molecule has 0 bridgehead atoms. The average molecular weight is 322 g/mol. The number of aromatic amines is 1. The summed E-state index contributed by atoms with van der Waals surface area (Å²) in [6, 6.07) is 16.1. The van der Waals surface area contributed by atoms with E-state index in [9.17, 15) is 0 Å². The predicted octanol–water partition coefficient (Wildman–Crippen LogP) is 3.60. The van der Waals surface area contributed by atoms with E-state index in [0.29, 0.717) is 5.82 Å². The molecule has 1 N–H and O–H groups in total. The molecule has 0 fully saturated rings. The molecule has 24 heavy (non-hydrogen) atoms. The molecule has 124 valence electrons. The molecule has 0 radical (unpaired) electrons. The van der Waals surface area contributed by atoms with Crippen molar-refractivity contribution >= 4 is 0 Å². The Morgan fingerprint density at radius 3 is 2.58 bits per heavy atom. The zero-order valence-corrected chi connectivity index (χ0v) is 14.3. The van der Waals surface area contributed by atoms with Crippen LogP contribution in [-0.4, -0.2) is 40.8 Å². The number of aromatic nitrogens is 3. The van der Waals surface area contributed by atoms with E-state index >= 15 is 0 Å². The zero-order chi connectivity index (χ0) is 16.9. The first kappa shape index (κ1) is 16.2. The Labute approximate surface area is 142 Å². The van der Waals surface area contributed by atoms with Gasteiger partial charge in [-0.1, -0.05) is 25.1 Å². The lowest BCUT2D eigenvalue weighted by molar-refractivity contribution is 0.346. The summed E-state index contributed by atoms with van der Waals surface area (Å²) in [6.07, 6.45) is 0. The Morgan fingerprint density at radius 2 is 1.88 bits per heavy atom. The molecule has 0 saturated heterocycles. The monoisotopic (exact) mass is 322 g/mol. The van der Waals surface area contributed by atoms with Crippen molar-refractivity contribution < 1.29 is 4.74 Å². The van der Waals surface area contributed by atoms with Crippen molar-refractivity contribution in [3.63, 3.8) is 0 Å². The fraction of sp³-hybridized carbons (Fsp3) is 0.263. The number of nitrogens with zero attached hydrogens (tertiary/aromatic N) is 3. The molecular formula is C19H22N4O. The first-order chi connectivity index (χ1) is 11.7. The molecule has 0 spiro atoms. The normalized spacial score (nSPS) is 11.0. The Bertz CT molecular complexity index is 795. The third-order valence-electron chi connectivity index (χ3n) is 4.03. The minimum absolute atomic E-state index is 0.710. The molecule has 0 aliphatic heterocycles. The standard InChI is InChI=1S/C19H22N4O/c1-4-23(2)13-14-6-5-7-16(12-14)19-20-18(21-22-19)15-8-10-17(24-3)11-9-15/h5-12H,4,13H2,1-3H3,(H,20,21,22). The molecule has 3 rings (SSSR count). The van der Waals surface area contributed by atoms with Gasteiger partial charge in [0, 0.05) is 17.7 Å². The molecule has 1 aromatic heterocycles. The second kappa shape index (κ2) is 7.27. The Kier molecular flexibility index (Phi) is 4.91. The molecule has 2 aromatic carbocycles. The first-order valence-electron chi connectivity index (χ1n) is 8.04. The number of hydrogen-bond donors (Lipinski definition) is 1. The highest BCUT2D eigenvalue weighted by molar-refractivity contribution is 5.62. The third kappa shape index (κ3) is 3.63. The highest BCUT2D eigenvalue weighted by Crippen LogP contribution is 2.23. The van der Waals surface area contributed by atoms with Gasteiger partial charge in [-0.05, 0) is 49.5 Å². The quantitative estimate of drug-likeness (QED) is 0.753. The van der Waals surface area contributed by atoms with Gasteiger partial charge in [0.05, 0.1) is 7.11 Å². The highest BCUT2D eigenvalue weighted by atomic mass is 16.5. The molecule has 0 unspecified atom stereocenters. The van der Waals surface area contributed by atoms with E-state index in [1.165, 1.54) is 5.56 Å². The van der Waals surface area contributed by atoms with E-state index in [1.807, 2.05) is 30.3 Å². The number of H-pyrrole nitrogens is 1. The summed E-state index contributed by atoms with van der Waals surface area (Å²) < 4.78 is 5.18. The van der Waals surface area contributed by atoms with Crippen LogP contribution in [0.5, 0.6) is 5.75 Å². The van der Waals surface area contributed by atoms with Gasteiger partial charge in [0.25, 0.3) is 0 Å². The van der Waals surface area contributed by atoms with Gasteiger partial charge < -0.3 is 9.64 Å². The van der Waals surface area contributed by atoms with Gasteiger partial charge in [0.1, 0.15) is 5.75 Å². The van der Waals surface area contributed by atoms with Crippen LogP contribution in [0.3, 0.4) is 0 Å². The van der Waals surface area contributed by atoms with Crippen LogP contribution in [0.1, 0.15) is 12.5 Å². The van der Waals surface area contributed by atoms with Crippen LogP contribution >= 0.6 is 0 Å². The SMILES string of the molecule is CCN(C)Cc1cccc(-c2n[nH]c(-c3ccc(OC)cc3)n2)c1. The largest absolute Gasteiger partial charge is 0.497 e. The lowest BCUT2D eigenvalue weighted by Crippen LogP contribution is -2.16. The average Bonchev–Trinajstić information content (AvgIpc) is 3.12. The second-order valence-electron chi connectivity index (χ2n) is 5.77. The maximum atomic E-state index is 5.18. The van der Waals surface area contributed by atoms with E-state index in [2.05, 4.69) is 52.3 Å². The minimum Gasteiger partial charge on any atom is -0.497 e. The second-order valence-corrected chi connectivity index (χ2v) is 5.77. The van der Waals surface area contributed by atoms with Crippen molar-refractivity contribution in [2.24, 2.45) is 0 Å². The Morgan fingerprint density at radius 1 is 1.08 bits per heavy atom. The van der Waals surface area contributed by atoms with Gasteiger partial charge in [-0.2, -0.15) is 5.10 Å². The van der Waals surface area contributed by atoms with Gasteiger partial charge in [0.2, 0.25) is 0 Å². The molecule has 0 aliphatic rings. The predicted molar refractivity (Wildman–Crippen MR) is 95.8 cm³/mol. The molecule has 1 heterocycles. The number of rotatable bonds is 6. The topological polar surface area (TPSA) is 54.0 Å². The lowest BCUT2D eigenvalue weighted by atomic mass is 10.1. The van der Waals surface area contributed by atoms with Gasteiger partial charge in [-0.15, -0.1) is 0 Å². The van der Waals surface area contributed by atoms with Crippen molar-refractivity contribution in [2.75, 3.05) is 20.7 Å². The molecular weight excluding hydrogens is 300 g/mol. The van der Waals surface area contributed by atoms with Crippen molar-refractivity contribution in [1.29, 1.82) is 0 Å². The maximum absolute atomic E-state index is 5.18. The Hall–Kier alpha value is -2.66. The molecule has 3 aromatic rings. The molecule has 0 saturated carbocycles. The minimum atomic E-state index is 0.710. The summed E-state index contributed by atoms with van der Waals surface area (Å²) in [7, 11) is 3.77. The van der Waals surface area contributed by atoms with E-state index in [4.69, 9.17) is 4.74 Å². The molecule has 5 nitrogen and oxygen atoms in total. The summed E-state index contributed by atoms with van der Waals surface area (Å²) in [4.78, 5) is 6.89. The van der Waals surface area contributed by atoms with Gasteiger partial charge in [0.15, 0.2) is 11.6 Å². The van der Waals surface area contributed by atoms with Crippen molar-refractivity contribution in [2.45, 2.75) is 13.5 Å². The first-order valence-corrected chi connectivity index (χ1v) is 8.04. The van der Waals surface area contributed by atoms with Crippen LogP contribution in [0, 0.1) is 0 Å². The number of hydrogen-bond acceptors (Lipinski definition) is 4. The van der Waals surface area contributed by atoms with Crippen molar-refractivity contribution in [1.82, 2.24) is 20.1 Å². The van der Waals surface area contributed by atoms with Crippen LogP contribution in [0.25, 0.3) is 22.8 Å². The van der Waals surface area contributed by atoms with Crippen LogP contribution < -0.4 is 4.74 Å². The fourth-order valence-corrected chi connectivity index (χ4v) is 2.50. The molecule has 0 amide bonds. The summed E-state index contributed by atoms with van der Waals surface area (Å²) in [5.41, 5.74) is 3.26. The zero-order valence-electron chi connectivity index (χ0n) is 14.3. The van der Waals surface area contributed by atoms with Gasteiger partial charge >= 0.3 is 0 Å². The fourth-order valence-electron chi connectivity index (χ4n) is 2.50. The van der Waals surface area contributed by atoms with Crippen molar-refractivity contribution in [3.8, 4) is 28.5 Å². The van der Waals surface area contributed by atoms with E-state index in [-0.39, 0.29) is 0 Å². The summed E-state index contributed by atoms with van der Waals surface area (Å²) >= 11 is 0. The number of nitrogens with one attached hydrogen (secondary N) is 1. The van der Waals surface area contributed by atoms with Gasteiger partial charge in [-0.3, -0.25) is 5.10 Å². The van der Waals surface area contributed by atoms with Gasteiger partial charge in [-0.25, -0.2) is 4.98 Å². The van der Waals surface area contributed by atoms with Crippen LogP contribution in [0.4, 0.5) is 0 Å². The summed E-state index contributed by atoms with van der Waals surface area (Å²) in [5, 5.41) is 7.38. The number of ether oxygens (including phenoxy) is 1. The van der Waals surface area contributed by atoms with Crippen LogP contribution in [-0.2, 0) is 6.54 Å². The molecule has 5 heteroatoms. The smallest absolute Gasteiger partial charge is 0.181 e. The van der Waals surface area contributed by atoms with E-state index < -0.39 is 0 Å². The number of benzene rings is 2. The molecule has 0 aliphatic carbocycles. The Balaban J connectivity index is 1.83. The van der Waals surface area contributed by atoms with E-state index in [1.54, 1.807) is 7.11 Å². The third-order valence-corrected chi connectivity index (χ3v) is 4.03. The van der Waals surface area contributed by atoms with E-state index in [0.717, 1.165) is 35.8 Å². The lowest BCUT2D eigenvalue weighted by Gasteiger charge is -2.13.